The topological polar surface area (TPSA) is 74.3 Å². The molecule has 0 unspecified atom stereocenters. The van der Waals surface area contributed by atoms with Crippen molar-refractivity contribution in [1.82, 2.24) is 4.90 Å². The number of carbonyl (C=O) groups excluding carboxylic acids is 2. The fourth-order valence-corrected chi connectivity index (χ4v) is 5.06. The van der Waals surface area contributed by atoms with E-state index in [4.69, 9.17) is 42.1 Å². The minimum Gasteiger partial charge on any atom is -0.493 e. The monoisotopic (exact) mass is 561 g/mol. The quantitative estimate of drug-likeness (QED) is 0.297. The van der Waals surface area contributed by atoms with Crippen molar-refractivity contribution >= 4 is 52.2 Å². The Kier molecular flexibility index (Phi) is 7.19. The lowest BCUT2D eigenvalue weighted by Gasteiger charge is -2.14. The highest BCUT2D eigenvalue weighted by Gasteiger charge is 2.36. The highest BCUT2D eigenvalue weighted by Crippen LogP contribution is 2.41. The molecule has 0 bridgehead atoms. The van der Waals surface area contributed by atoms with E-state index in [9.17, 15) is 14.0 Å². The summed E-state index contributed by atoms with van der Waals surface area (Å²) in [4.78, 5) is 27.0. The lowest BCUT2D eigenvalue weighted by molar-refractivity contribution is -0.123. The number of fused-ring (bicyclic) bond motifs is 1. The van der Waals surface area contributed by atoms with Crippen LogP contribution in [0.2, 0.25) is 10.0 Å². The molecule has 3 aromatic rings. The first-order valence-electron chi connectivity index (χ1n) is 10.9. The van der Waals surface area contributed by atoms with Crippen molar-refractivity contribution in [2.24, 2.45) is 0 Å². The van der Waals surface area contributed by atoms with E-state index in [0.29, 0.717) is 39.1 Å². The molecule has 11 heteroatoms. The molecule has 0 saturated carbocycles. The smallest absolute Gasteiger partial charge is 0.293 e. The fraction of sp³-hybridized carbons (Fsp3) is 0.154. The molecule has 2 amide bonds. The van der Waals surface area contributed by atoms with Gasteiger partial charge in [-0.15, -0.1) is 0 Å². The van der Waals surface area contributed by atoms with Crippen molar-refractivity contribution in [1.29, 1.82) is 0 Å². The number of rotatable bonds is 7. The number of benzene rings is 3. The summed E-state index contributed by atoms with van der Waals surface area (Å²) in [5, 5.41) is 0.182. The molecule has 0 radical (unpaired) electrons. The highest BCUT2D eigenvalue weighted by molar-refractivity contribution is 8.18. The third-order valence-electron chi connectivity index (χ3n) is 5.59. The van der Waals surface area contributed by atoms with Crippen molar-refractivity contribution in [2.75, 3.05) is 13.9 Å². The van der Waals surface area contributed by atoms with Gasteiger partial charge in [-0.1, -0.05) is 35.3 Å². The summed E-state index contributed by atoms with van der Waals surface area (Å²) in [6, 6.07) is 12.4. The summed E-state index contributed by atoms with van der Waals surface area (Å²) in [5.74, 6) is 0.857. The lowest BCUT2D eigenvalue weighted by atomic mass is 10.1. The first-order chi connectivity index (χ1) is 17.8. The second-order valence-corrected chi connectivity index (χ2v) is 9.82. The Morgan fingerprint density at radius 3 is 2.51 bits per heavy atom. The second-order valence-electron chi connectivity index (χ2n) is 8.01. The van der Waals surface area contributed by atoms with Crippen LogP contribution in [0.1, 0.15) is 16.7 Å². The van der Waals surface area contributed by atoms with E-state index in [1.807, 2.05) is 0 Å². The second kappa shape index (κ2) is 10.5. The molecular weight excluding hydrogens is 544 g/mol. The highest BCUT2D eigenvalue weighted by atomic mass is 35.5. The first-order valence-corrected chi connectivity index (χ1v) is 12.5. The predicted molar refractivity (Wildman–Crippen MR) is 138 cm³/mol. The summed E-state index contributed by atoms with van der Waals surface area (Å²) in [6.07, 6.45) is 1.56. The Hall–Kier alpha value is -3.40. The van der Waals surface area contributed by atoms with Crippen molar-refractivity contribution in [3.63, 3.8) is 0 Å². The zero-order chi connectivity index (χ0) is 26.1. The minimum absolute atomic E-state index is 0.0162. The molecule has 5 rings (SSSR count). The van der Waals surface area contributed by atoms with Gasteiger partial charge in [0.1, 0.15) is 12.4 Å². The molecular formula is C26H18Cl2FNO6S. The van der Waals surface area contributed by atoms with Crippen molar-refractivity contribution in [2.45, 2.75) is 13.2 Å². The zero-order valence-electron chi connectivity index (χ0n) is 19.3. The van der Waals surface area contributed by atoms with Gasteiger partial charge in [-0.2, -0.15) is 0 Å². The van der Waals surface area contributed by atoms with E-state index in [0.717, 1.165) is 22.2 Å². The van der Waals surface area contributed by atoms with Crippen LogP contribution in [-0.4, -0.2) is 29.9 Å². The van der Waals surface area contributed by atoms with Gasteiger partial charge in [0, 0.05) is 11.1 Å². The summed E-state index contributed by atoms with van der Waals surface area (Å²) < 4.78 is 35.0. The SMILES string of the molecule is COc1cc(/C=C2\SC(=O)N(Cc3cc4c(cc3Cl)OCO4)C2=O)cc(Cl)c1OCc1ccc(F)cc1. The molecule has 1 saturated heterocycles. The Morgan fingerprint density at radius 2 is 1.78 bits per heavy atom. The van der Waals surface area contributed by atoms with E-state index in [1.165, 1.54) is 19.2 Å². The molecule has 1 fully saturated rings. The Labute approximate surface area is 225 Å². The van der Waals surface area contributed by atoms with Crippen molar-refractivity contribution < 1.29 is 32.9 Å². The number of amides is 2. The number of hydrogen-bond donors (Lipinski definition) is 0. The number of hydrogen-bond acceptors (Lipinski definition) is 7. The van der Waals surface area contributed by atoms with Gasteiger partial charge in [-0.25, -0.2) is 4.39 Å². The van der Waals surface area contributed by atoms with Crippen LogP contribution in [0.15, 0.2) is 53.4 Å². The number of ether oxygens (including phenoxy) is 4. The molecule has 2 aliphatic rings. The van der Waals surface area contributed by atoms with Crippen molar-refractivity contribution in [3.05, 3.63) is 86.0 Å². The van der Waals surface area contributed by atoms with Crippen LogP contribution in [0, 0.1) is 5.82 Å². The van der Waals surface area contributed by atoms with E-state index < -0.39 is 11.1 Å². The Balaban J connectivity index is 1.34. The number of nitrogens with zero attached hydrogens (tertiary/aromatic N) is 1. The number of imide groups is 1. The number of carbonyl (C=O) groups is 2. The maximum atomic E-state index is 13.1. The number of thioether (sulfide) groups is 1. The van der Waals surface area contributed by atoms with Crippen LogP contribution in [0.25, 0.3) is 6.08 Å². The van der Waals surface area contributed by atoms with E-state index in [2.05, 4.69) is 0 Å². The van der Waals surface area contributed by atoms with Crippen LogP contribution in [0.5, 0.6) is 23.0 Å². The first kappa shape index (κ1) is 25.3. The average molecular weight is 562 g/mol. The third kappa shape index (κ3) is 5.34. The van der Waals surface area contributed by atoms with E-state index in [1.54, 1.807) is 42.5 Å². The van der Waals surface area contributed by atoms with Crippen molar-refractivity contribution in [3.8, 4) is 23.0 Å². The minimum atomic E-state index is -0.463. The normalized spacial score (nSPS) is 15.6. The van der Waals surface area contributed by atoms with Gasteiger partial charge < -0.3 is 18.9 Å². The van der Waals surface area contributed by atoms with Crippen LogP contribution in [-0.2, 0) is 17.9 Å². The lowest BCUT2D eigenvalue weighted by Crippen LogP contribution is -2.27. The maximum absolute atomic E-state index is 13.1. The molecule has 37 heavy (non-hydrogen) atoms. The molecule has 190 valence electrons. The molecule has 0 spiro atoms. The van der Waals surface area contributed by atoms with Gasteiger partial charge in [-0.3, -0.25) is 14.5 Å². The number of halogens is 3. The summed E-state index contributed by atoms with van der Waals surface area (Å²) >= 11 is 13.6. The fourth-order valence-electron chi connectivity index (χ4n) is 3.74. The van der Waals surface area contributed by atoms with Gasteiger partial charge in [0.25, 0.3) is 11.1 Å². The molecule has 7 nitrogen and oxygen atoms in total. The molecule has 0 aliphatic carbocycles. The molecule has 2 aliphatic heterocycles. The largest absolute Gasteiger partial charge is 0.493 e. The third-order valence-corrected chi connectivity index (χ3v) is 7.13. The predicted octanol–water partition coefficient (Wildman–Crippen LogP) is 6.69. The maximum Gasteiger partial charge on any atom is 0.293 e. The summed E-state index contributed by atoms with van der Waals surface area (Å²) in [7, 11) is 1.46. The van der Waals surface area contributed by atoms with Crippen LogP contribution >= 0.6 is 35.0 Å². The Bertz CT molecular complexity index is 1430. The molecule has 0 atom stereocenters. The standard InChI is InChI=1S/C26H18Cl2FNO6S/c1-33-22-7-15(6-19(28)24(22)34-12-14-2-4-17(29)5-3-14)8-23-25(31)30(26(32)37-23)11-16-9-20-21(10-18(16)27)36-13-35-20/h2-10H,11-13H2,1H3/b23-8-. The van der Waals surface area contributed by atoms with Crippen LogP contribution in [0.4, 0.5) is 9.18 Å². The molecule has 0 N–H and O–H groups in total. The summed E-state index contributed by atoms with van der Waals surface area (Å²) in [6.45, 7) is 0.219. The molecule has 2 heterocycles. The van der Waals surface area contributed by atoms with E-state index >= 15 is 0 Å². The Morgan fingerprint density at radius 1 is 1.05 bits per heavy atom. The summed E-state index contributed by atoms with van der Waals surface area (Å²) in [5.41, 5.74) is 1.85. The zero-order valence-corrected chi connectivity index (χ0v) is 21.6. The van der Waals surface area contributed by atoms with Crippen LogP contribution < -0.4 is 18.9 Å². The molecule has 3 aromatic carbocycles. The van der Waals surface area contributed by atoms with Crippen LogP contribution in [0.3, 0.4) is 0 Å². The van der Waals surface area contributed by atoms with Gasteiger partial charge in [0.05, 0.1) is 23.6 Å². The van der Waals surface area contributed by atoms with Gasteiger partial charge in [-0.05, 0) is 64.9 Å². The number of methoxy groups -OCH3 is 1. The molecule has 0 aromatic heterocycles. The van der Waals surface area contributed by atoms with Gasteiger partial charge in [0.15, 0.2) is 23.0 Å². The average Bonchev–Trinajstić information content (AvgIpc) is 3.43. The van der Waals surface area contributed by atoms with E-state index in [-0.39, 0.29) is 35.7 Å². The van der Waals surface area contributed by atoms with Gasteiger partial charge in [0.2, 0.25) is 6.79 Å². The van der Waals surface area contributed by atoms with Gasteiger partial charge >= 0.3 is 0 Å².